The molecule has 0 bridgehead atoms. The van der Waals surface area contributed by atoms with E-state index in [9.17, 15) is 17.6 Å². The summed E-state index contributed by atoms with van der Waals surface area (Å²) in [7, 11) is 0. The second-order valence-corrected chi connectivity index (χ2v) is 2.79. The Morgan fingerprint density at radius 1 is 0.867 bits per heavy atom. The highest BCUT2D eigenvalue weighted by Crippen LogP contribution is 2.25. The summed E-state index contributed by atoms with van der Waals surface area (Å²) in [4.78, 5) is 0. The van der Waals surface area contributed by atoms with Gasteiger partial charge in [-0.1, -0.05) is 24.8 Å². The average Bonchev–Trinajstić information content (AvgIpc) is 2.24. The molecule has 0 atom stereocenters. The zero-order chi connectivity index (χ0) is 11.6. The predicted octanol–water partition coefficient (Wildman–Crippen LogP) is 3.92. The Hall–Kier alpha value is -1.58. The fraction of sp³-hybridized carbons (Fsp3) is 0.0909. The first kappa shape index (κ1) is 11.5. The van der Waals surface area contributed by atoms with Gasteiger partial charge in [0.1, 0.15) is 0 Å². The van der Waals surface area contributed by atoms with Gasteiger partial charge in [-0.25, -0.2) is 17.6 Å². The molecule has 0 aliphatic rings. The maximum absolute atomic E-state index is 13.2. The summed E-state index contributed by atoms with van der Waals surface area (Å²) in [6.45, 7) is 4.76. The summed E-state index contributed by atoms with van der Waals surface area (Å²) in [5, 5.41) is 0. The van der Waals surface area contributed by atoms with E-state index in [1.54, 1.807) is 6.92 Å². The third-order valence-corrected chi connectivity index (χ3v) is 1.88. The number of rotatable bonds is 2. The van der Waals surface area contributed by atoms with Gasteiger partial charge >= 0.3 is 0 Å². The minimum atomic E-state index is -1.82. The van der Waals surface area contributed by atoms with Crippen LogP contribution in [0.5, 0.6) is 0 Å². The first-order valence-corrected chi connectivity index (χ1v) is 4.15. The minimum absolute atomic E-state index is 0.344. The SMILES string of the molecule is C=Cc1c(F)c(F)c(F)c(F)c1/C=C/C. The maximum atomic E-state index is 13.2. The standard InChI is InChI=1S/C11H8F4/c1-3-5-7-6(4-2)8(12)10(14)11(15)9(7)13/h3-5H,2H2,1H3/b5-3+. The second kappa shape index (κ2) is 4.29. The molecule has 0 saturated heterocycles. The average molecular weight is 216 g/mol. The molecule has 0 N–H and O–H groups in total. The normalized spacial score (nSPS) is 11.0. The van der Waals surface area contributed by atoms with Crippen molar-refractivity contribution in [2.75, 3.05) is 0 Å². The van der Waals surface area contributed by atoms with Gasteiger partial charge in [0, 0.05) is 11.1 Å². The Labute approximate surface area is 84.5 Å². The second-order valence-electron chi connectivity index (χ2n) is 2.79. The minimum Gasteiger partial charge on any atom is -0.203 e. The molecule has 1 aromatic carbocycles. The van der Waals surface area contributed by atoms with Gasteiger partial charge < -0.3 is 0 Å². The van der Waals surface area contributed by atoms with Crippen LogP contribution in [0.3, 0.4) is 0 Å². The van der Waals surface area contributed by atoms with Gasteiger partial charge in [0.05, 0.1) is 0 Å². The third kappa shape index (κ3) is 1.79. The van der Waals surface area contributed by atoms with Gasteiger partial charge in [-0.2, -0.15) is 0 Å². The maximum Gasteiger partial charge on any atom is 0.198 e. The molecule has 0 spiro atoms. The summed E-state index contributed by atoms with van der Waals surface area (Å²) in [6.07, 6.45) is 3.48. The van der Waals surface area contributed by atoms with Crippen LogP contribution in [0.1, 0.15) is 18.1 Å². The molecule has 0 fully saturated rings. The monoisotopic (exact) mass is 216 g/mol. The van der Waals surface area contributed by atoms with Gasteiger partial charge in [0.25, 0.3) is 0 Å². The molecular formula is C11H8F4. The number of hydrogen-bond acceptors (Lipinski definition) is 0. The first-order chi connectivity index (χ1) is 7.04. The largest absolute Gasteiger partial charge is 0.203 e. The molecule has 0 aromatic heterocycles. The molecule has 1 rings (SSSR count). The molecule has 0 unspecified atom stereocenters. The number of halogens is 4. The molecule has 1 aromatic rings. The summed E-state index contributed by atoms with van der Waals surface area (Å²) in [6, 6.07) is 0. The van der Waals surface area contributed by atoms with Crippen LogP contribution in [0.4, 0.5) is 17.6 Å². The van der Waals surface area contributed by atoms with Crippen molar-refractivity contribution in [3.63, 3.8) is 0 Å². The van der Waals surface area contributed by atoms with Crippen LogP contribution in [0, 0.1) is 23.3 Å². The zero-order valence-corrected chi connectivity index (χ0v) is 7.95. The van der Waals surface area contributed by atoms with Gasteiger partial charge in [-0.05, 0) is 6.92 Å². The highest BCUT2D eigenvalue weighted by atomic mass is 19.2. The molecule has 0 amide bonds. The highest BCUT2D eigenvalue weighted by Gasteiger charge is 2.21. The van der Waals surface area contributed by atoms with Crippen LogP contribution < -0.4 is 0 Å². The molecule has 0 radical (unpaired) electrons. The van der Waals surface area contributed by atoms with Crippen molar-refractivity contribution in [3.8, 4) is 0 Å². The van der Waals surface area contributed by atoms with E-state index >= 15 is 0 Å². The molecule has 0 heterocycles. The van der Waals surface area contributed by atoms with E-state index in [1.807, 2.05) is 0 Å². The summed E-state index contributed by atoms with van der Waals surface area (Å²) in [5.74, 6) is -6.49. The Balaban J connectivity index is 3.69. The molecule has 0 nitrogen and oxygen atoms in total. The van der Waals surface area contributed by atoms with Crippen LogP contribution in [0.2, 0.25) is 0 Å². The third-order valence-electron chi connectivity index (χ3n) is 1.88. The smallest absolute Gasteiger partial charge is 0.198 e. The summed E-state index contributed by atoms with van der Waals surface area (Å²) >= 11 is 0. The van der Waals surface area contributed by atoms with Gasteiger partial charge in [0.15, 0.2) is 23.3 Å². The fourth-order valence-corrected chi connectivity index (χ4v) is 1.19. The lowest BCUT2D eigenvalue weighted by atomic mass is 10.0. The summed E-state index contributed by atoms with van der Waals surface area (Å²) < 4.78 is 52.0. The number of benzene rings is 1. The van der Waals surface area contributed by atoms with E-state index in [-0.39, 0.29) is 11.1 Å². The Morgan fingerprint density at radius 2 is 1.33 bits per heavy atom. The quantitative estimate of drug-likeness (QED) is 0.399. The predicted molar refractivity (Wildman–Crippen MR) is 51.1 cm³/mol. The first-order valence-electron chi connectivity index (χ1n) is 4.15. The molecule has 4 heteroatoms. The topological polar surface area (TPSA) is 0 Å². The summed E-state index contributed by atoms with van der Waals surface area (Å²) in [5.41, 5.74) is -0.728. The molecule has 0 aliphatic carbocycles. The molecule has 15 heavy (non-hydrogen) atoms. The van der Waals surface area contributed by atoms with Crippen molar-refractivity contribution < 1.29 is 17.6 Å². The Bertz CT molecular complexity index is 433. The van der Waals surface area contributed by atoms with Crippen molar-refractivity contribution in [1.29, 1.82) is 0 Å². The van der Waals surface area contributed by atoms with Gasteiger partial charge in [-0.15, -0.1) is 0 Å². The van der Waals surface area contributed by atoms with Crippen molar-refractivity contribution in [2.45, 2.75) is 6.92 Å². The lowest BCUT2D eigenvalue weighted by Crippen LogP contribution is -2.02. The lowest BCUT2D eigenvalue weighted by molar-refractivity contribution is 0.407. The van der Waals surface area contributed by atoms with E-state index in [0.717, 1.165) is 12.2 Å². The van der Waals surface area contributed by atoms with Gasteiger partial charge in [-0.3, -0.25) is 0 Å². The van der Waals surface area contributed by atoms with Crippen LogP contribution >= 0.6 is 0 Å². The fourth-order valence-electron chi connectivity index (χ4n) is 1.19. The van der Waals surface area contributed by atoms with E-state index in [0.29, 0.717) is 0 Å². The zero-order valence-electron chi connectivity index (χ0n) is 7.95. The lowest BCUT2D eigenvalue weighted by Gasteiger charge is -2.06. The van der Waals surface area contributed by atoms with Crippen molar-refractivity contribution in [3.05, 3.63) is 47.1 Å². The van der Waals surface area contributed by atoms with E-state index in [2.05, 4.69) is 6.58 Å². The molecular weight excluding hydrogens is 208 g/mol. The van der Waals surface area contributed by atoms with Crippen LogP contribution in [0.25, 0.3) is 12.2 Å². The van der Waals surface area contributed by atoms with Crippen molar-refractivity contribution in [1.82, 2.24) is 0 Å². The van der Waals surface area contributed by atoms with Crippen LogP contribution in [-0.4, -0.2) is 0 Å². The van der Waals surface area contributed by atoms with E-state index < -0.39 is 23.3 Å². The van der Waals surface area contributed by atoms with Crippen LogP contribution in [0.15, 0.2) is 12.7 Å². The van der Waals surface area contributed by atoms with E-state index in [1.165, 1.54) is 6.08 Å². The highest BCUT2D eigenvalue weighted by molar-refractivity contribution is 5.65. The number of hydrogen-bond donors (Lipinski definition) is 0. The Morgan fingerprint density at radius 3 is 1.73 bits per heavy atom. The molecule has 0 aliphatic heterocycles. The number of allylic oxidation sites excluding steroid dienone is 1. The van der Waals surface area contributed by atoms with Crippen molar-refractivity contribution >= 4 is 12.2 Å². The molecule has 80 valence electrons. The molecule has 0 saturated carbocycles. The Kier molecular flexibility index (Phi) is 3.29. The van der Waals surface area contributed by atoms with Crippen molar-refractivity contribution in [2.24, 2.45) is 0 Å². The van der Waals surface area contributed by atoms with Crippen LogP contribution in [-0.2, 0) is 0 Å². The van der Waals surface area contributed by atoms with E-state index in [4.69, 9.17) is 0 Å². The van der Waals surface area contributed by atoms with Gasteiger partial charge in [0.2, 0.25) is 0 Å².